The van der Waals surface area contributed by atoms with Crippen LogP contribution in [0, 0.1) is 19.3 Å². The van der Waals surface area contributed by atoms with E-state index < -0.39 is 0 Å². The van der Waals surface area contributed by atoms with E-state index in [9.17, 15) is 0 Å². The van der Waals surface area contributed by atoms with E-state index in [1.54, 1.807) is 18.4 Å². The van der Waals surface area contributed by atoms with Gasteiger partial charge in [0, 0.05) is 31.7 Å². The quantitative estimate of drug-likeness (QED) is 0.812. The van der Waals surface area contributed by atoms with Gasteiger partial charge in [-0.2, -0.15) is 0 Å². The van der Waals surface area contributed by atoms with Gasteiger partial charge in [-0.1, -0.05) is 0 Å². The first-order valence-electron chi connectivity index (χ1n) is 6.28. The number of hydrogen-bond donors (Lipinski definition) is 1. The van der Waals surface area contributed by atoms with Crippen molar-refractivity contribution in [3.05, 3.63) is 15.6 Å². The fourth-order valence-electron chi connectivity index (χ4n) is 2.06. The van der Waals surface area contributed by atoms with E-state index in [4.69, 9.17) is 4.74 Å². The summed E-state index contributed by atoms with van der Waals surface area (Å²) in [5.41, 5.74) is 1.70. The Morgan fingerprint density at radius 2 is 2.18 bits per heavy atom. The highest BCUT2D eigenvalue weighted by Gasteiger charge is 2.41. The molecule has 96 valence electrons. The summed E-state index contributed by atoms with van der Waals surface area (Å²) in [6.45, 7) is 7.12. The third kappa shape index (κ3) is 3.50. The molecular weight excluding hydrogens is 232 g/mol. The molecule has 0 unspecified atom stereocenters. The number of methoxy groups -OCH3 is 1. The van der Waals surface area contributed by atoms with Gasteiger partial charge in [-0.25, -0.2) is 4.98 Å². The summed E-state index contributed by atoms with van der Waals surface area (Å²) in [4.78, 5) is 5.88. The van der Waals surface area contributed by atoms with Crippen LogP contribution < -0.4 is 5.32 Å². The molecule has 0 amide bonds. The molecule has 0 atom stereocenters. The Morgan fingerprint density at radius 3 is 2.71 bits per heavy atom. The fraction of sp³-hybridized carbons (Fsp3) is 0.769. The lowest BCUT2D eigenvalue weighted by Gasteiger charge is -2.14. The molecule has 0 saturated heterocycles. The van der Waals surface area contributed by atoms with Crippen LogP contribution in [-0.2, 0) is 11.3 Å². The van der Waals surface area contributed by atoms with Crippen LogP contribution in [0.1, 0.15) is 34.8 Å². The molecule has 1 aliphatic carbocycles. The van der Waals surface area contributed by atoms with Crippen molar-refractivity contribution in [3.8, 4) is 0 Å². The van der Waals surface area contributed by atoms with E-state index in [0.29, 0.717) is 5.41 Å². The van der Waals surface area contributed by atoms with Crippen molar-refractivity contribution in [1.82, 2.24) is 10.3 Å². The lowest BCUT2D eigenvalue weighted by atomic mass is 10.0. The summed E-state index contributed by atoms with van der Waals surface area (Å²) in [5.74, 6) is 0. The van der Waals surface area contributed by atoms with Crippen molar-refractivity contribution in [2.24, 2.45) is 5.41 Å². The minimum atomic E-state index is 0.525. The van der Waals surface area contributed by atoms with E-state index in [0.717, 1.165) is 19.7 Å². The first-order chi connectivity index (χ1) is 8.15. The van der Waals surface area contributed by atoms with Crippen molar-refractivity contribution >= 4 is 11.3 Å². The highest BCUT2D eigenvalue weighted by Crippen LogP contribution is 2.48. The van der Waals surface area contributed by atoms with Crippen LogP contribution in [-0.4, -0.2) is 25.2 Å². The first-order valence-corrected chi connectivity index (χ1v) is 7.09. The van der Waals surface area contributed by atoms with E-state index in [-0.39, 0.29) is 0 Å². The van der Waals surface area contributed by atoms with Gasteiger partial charge < -0.3 is 10.1 Å². The third-order valence-corrected chi connectivity index (χ3v) is 4.72. The maximum Gasteiger partial charge on any atom is 0.107 e. The summed E-state index contributed by atoms with van der Waals surface area (Å²) >= 11 is 1.80. The summed E-state index contributed by atoms with van der Waals surface area (Å²) < 4.78 is 5.16. The molecule has 1 fully saturated rings. The van der Waals surface area contributed by atoms with Gasteiger partial charge in [0.05, 0.1) is 5.69 Å². The summed E-state index contributed by atoms with van der Waals surface area (Å²) in [7, 11) is 1.78. The molecule has 1 N–H and O–H groups in total. The summed E-state index contributed by atoms with van der Waals surface area (Å²) in [5, 5.41) is 4.76. The molecule has 1 heterocycles. The van der Waals surface area contributed by atoms with Gasteiger partial charge in [-0.3, -0.25) is 0 Å². The number of aryl methyl sites for hydroxylation is 2. The number of aromatic nitrogens is 1. The average Bonchev–Trinajstić information content (AvgIpc) is 2.99. The second kappa shape index (κ2) is 5.46. The zero-order valence-electron chi connectivity index (χ0n) is 11.0. The van der Waals surface area contributed by atoms with Gasteiger partial charge in [0.15, 0.2) is 0 Å². The summed E-state index contributed by atoms with van der Waals surface area (Å²) in [6.07, 6.45) is 3.88. The Morgan fingerprint density at radius 1 is 1.41 bits per heavy atom. The molecule has 17 heavy (non-hydrogen) atoms. The van der Waals surface area contributed by atoms with Crippen LogP contribution in [0.5, 0.6) is 0 Å². The molecule has 1 aromatic heterocycles. The van der Waals surface area contributed by atoms with Crippen molar-refractivity contribution in [1.29, 1.82) is 0 Å². The zero-order chi connectivity index (χ0) is 12.3. The molecule has 1 saturated carbocycles. The van der Waals surface area contributed by atoms with E-state index in [2.05, 4.69) is 24.1 Å². The highest BCUT2D eigenvalue weighted by atomic mass is 32.1. The first kappa shape index (κ1) is 13.0. The molecule has 3 nitrogen and oxygen atoms in total. The predicted octanol–water partition coefficient (Wildman–Crippen LogP) is 2.67. The third-order valence-electron chi connectivity index (χ3n) is 3.64. The maximum atomic E-state index is 5.16. The van der Waals surface area contributed by atoms with Gasteiger partial charge in [-0.05, 0) is 38.5 Å². The number of ether oxygens (including phenoxy) is 1. The van der Waals surface area contributed by atoms with Crippen molar-refractivity contribution in [3.63, 3.8) is 0 Å². The normalized spacial score (nSPS) is 17.4. The molecule has 0 radical (unpaired) electrons. The molecule has 1 aromatic rings. The fourth-order valence-corrected chi connectivity index (χ4v) is 2.96. The minimum Gasteiger partial charge on any atom is -0.385 e. The van der Waals surface area contributed by atoms with Gasteiger partial charge in [0.2, 0.25) is 0 Å². The van der Waals surface area contributed by atoms with Crippen molar-refractivity contribution < 1.29 is 4.74 Å². The van der Waals surface area contributed by atoms with Crippen LogP contribution in [0.2, 0.25) is 0 Å². The smallest absolute Gasteiger partial charge is 0.107 e. The molecule has 0 bridgehead atoms. The Hall–Kier alpha value is -0.450. The number of thiazole rings is 1. The largest absolute Gasteiger partial charge is 0.385 e. The van der Waals surface area contributed by atoms with Crippen LogP contribution in [0.25, 0.3) is 0 Å². The van der Waals surface area contributed by atoms with Crippen LogP contribution >= 0.6 is 11.3 Å². The Kier molecular flexibility index (Phi) is 4.17. The minimum absolute atomic E-state index is 0.525. The Labute approximate surface area is 108 Å². The topological polar surface area (TPSA) is 34.1 Å². The van der Waals surface area contributed by atoms with Gasteiger partial charge in [-0.15, -0.1) is 11.3 Å². The van der Waals surface area contributed by atoms with E-state index >= 15 is 0 Å². The lowest BCUT2D eigenvalue weighted by Crippen LogP contribution is -2.24. The van der Waals surface area contributed by atoms with E-state index in [1.807, 2.05) is 0 Å². The van der Waals surface area contributed by atoms with Crippen LogP contribution in [0.3, 0.4) is 0 Å². The number of rotatable bonds is 7. The zero-order valence-corrected chi connectivity index (χ0v) is 11.8. The monoisotopic (exact) mass is 254 g/mol. The number of nitrogens with zero attached hydrogens (tertiary/aromatic N) is 1. The van der Waals surface area contributed by atoms with Crippen molar-refractivity contribution in [2.75, 3.05) is 20.3 Å². The highest BCUT2D eigenvalue weighted by molar-refractivity contribution is 7.11. The Balaban J connectivity index is 1.72. The van der Waals surface area contributed by atoms with E-state index in [1.165, 1.54) is 34.8 Å². The van der Waals surface area contributed by atoms with Crippen LogP contribution in [0.4, 0.5) is 0 Å². The van der Waals surface area contributed by atoms with Gasteiger partial charge in [0.1, 0.15) is 5.01 Å². The molecule has 0 aliphatic heterocycles. The number of hydrogen-bond acceptors (Lipinski definition) is 4. The summed E-state index contributed by atoms with van der Waals surface area (Å²) in [6, 6.07) is 0. The number of nitrogens with one attached hydrogen (secondary N) is 1. The average molecular weight is 254 g/mol. The molecule has 0 aromatic carbocycles. The second-order valence-electron chi connectivity index (χ2n) is 5.10. The van der Waals surface area contributed by atoms with Gasteiger partial charge >= 0.3 is 0 Å². The van der Waals surface area contributed by atoms with Crippen LogP contribution in [0.15, 0.2) is 0 Å². The predicted molar refractivity (Wildman–Crippen MR) is 71.5 cm³/mol. The molecular formula is C13H22N2OS. The van der Waals surface area contributed by atoms with Gasteiger partial charge in [0.25, 0.3) is 0 Å². The lowest BCUT2D eigenvalue weighted by molar-refractivity contribution is 0.171. The Bertz CT molecular complexity index is 352. The molecule has 1 aliphatic rings. The molecule has 2 rings (SSSR count). The molecule has 0 spiro atoms. The maximum absolute atomic E-state index is 5.16. The van der Waals surface area contributed by atoms with Crippen molar-refractivity contribution in [2.45, 2.75) is 39.7 Å². The SMILES string of the molecule is COCCC1(CNCc2nc(C)c(C)s2)CC1. The second-order valence-corrected chi connectivity index (χ2v) is 6.38. The standard InChI is InChI=1S/C13H22N2OS/c1-10-11(2)17-12(15-10)8-14-9-13(4-5-13)6-7-16-3/h14H,4-9H2,1-3H3. The molecule has 4 heteroatoms.